The molecule has 3 aliphatic rings. The van der Waals surface area contributed by atoms with Crippen molar-refractivity contribution in [2.24, 2.45) is 16.6 Å². The lowest BCUT2D eigenvalue weighted by atomic mass is 9.95. The van der Waals surface area contributed by atoms with Gasteiger partial charge < -0.3 is 16.0 Å². The van der Waals surface area contributed by atoms with Gasteiger partial charge >= 0.3 is 0 Å². The van der Waals surface area contributed by atoms with Gasteiger partial charge in [0.2, 0.25) is 5.91 Å². The molecule has 0 radical (unpaired) electrons. The molecule has 3 aliphatic heterocycles. The fraction of sp³-hybridized carbons (Fsp3) is 0.833. The zero-order valence-corrected chi connectivity index (χ0v) is 10.9. The summed E-state index contributed by atoms with van der Waals surface area (Å²) < 4.78 is 0. The number of rotatable bonds is 2. The first-order chi connectivity index (χ1) is 8.53. The Morgan fingerprint density at radius 3 is 3.11 bits per heavy atom. The molecule has 0 aromatic carbocycles. The van der Waals surface area contributed by atoms with Gasteiger partial charge in [0.25, 0.3) is 0 Å². The van der Waals surface area contributed by atoms with Gasteiger partial charge in [-0.05, 0) is 25.2 Å². The van der Waals surface area contributed by atoms with Crippen LogP contribution in [-0.2, 0) is 4.79 Å². The van der Waals surface area contributed by atoms with Crippen molar-refractivity contribution in [3.63, 3.8) is 0 Å². The van der Waals surface area contributed by atoms with Gasteiger partial charge in [-0.2, -0.15) is 0 Å². The molecule has 100 valence electrons. The monoisotopic (exact) mass is 251 g/mol. The van der Waals surface area contributed by atoms with E-state index in [1.165, 1.54) is 0 Å². The van der Waals surface area contributed by atoms with Crippen molar-refractivity contribution in [2.45, 2.75) is 51.0 Å². The van der Waals surface area contributed by atoms with Crippen molar-refractivity contribution in [1.82, 2.24) is 15.5 Å². The van der Waals surface area contributed by atoms with Crippen LogP contribution in [0, 0.1) is 5.92 Å². The highest BCUT2D eigenvalue weighted by atomic mass is 16.2. The Morgan fingerprint density at radius 1 is 1.61 bits per heavy atom. The molecule has 0 aliphatic carbocycles. The van der Waals surface area contributed by atoms with E-state index in [9.17, 15) is 4.79 Å². The van der Waals surface area contributed by atoms with Crippen LogP contribution in [0.2, 0.25) is 0 Å². The van der Waals surface area contributed by atoms with Crippen molar-refractivity contribution in [2.75, 3.05) is 6.54 Å². The van der Waals surface area contributed by atoms with Crippen LogP contribution in [0.1, 0.15) is 33.1 Å². The fourth-order valence-electron chi connectivity index (χ4n) is 3.34. The molecule has 2 saturated heterocycles. The molecule has 0 aromatic rings. The molecule has 6 heteroatoms. The molecule has 6 nitrogen and oxygen atoms in total. The lowest BCUT2D eigenvalue weighted by Gasteiger charge is -2.44. The molecule has 0 bridgehead atoms. The average Bonchev–Trinajstić information content (AvgIpc) is 2.77. The minimum atomic E-state index is -0.394. The maximum absolute atomic E-state index is 12.2. The molecule has 3 atom stereocenters. The normalized spacial score (nSPS) is 38.5. The van der Waals surface area contributed by atoms with Crippen molar-refractivity contribution in [1.29, 1.82) is 0 Å². The van der Waals surface area contributed by atoms with Gasteiger partial charge in [0, 0.05) is 6.54 Å². The number of carbonyl (C=O) groups is 1. The van der Waals surface area contributed by atoms with E-state index in [0.29, 0.717) is 11.9 Å². The molecule has 0 unspecified atom stereocenters. The molecular formula is C12H21N5O. The minimum absolute atomic E-state index is 0.0803. The second kappa shape index (κ2) is 3.85. The lowest BCUT2D eigenvalue weighted by molar-refractivity contribution is -0.131. The molecule has 1 amide bonds. The van der Waals surface area contributed by atoms with E-state index in [1.807, 2.05) is 4.90 Å². The van der Waals surface area contributed by atoms with Gasteiger partial charge in [0.15, 0.2) is 11.6 Å². The molecule has 3 heterocycles. The first-order valence-electron chi connectivity index (χ1n) is 6.72. The van der Waals surface area contributed by atoms with Crippen LogP contribution in [0.5, 0.6) is 0 Å². The van der Waals surface area contributed by atoms with Gasteiger partial charge in [0.1, 0.15) is 6.17 Å². The van der Waals surface area contributed by atoms with Gasteiger partial charge in [-0.15, -0.1) is 0 Å². The molecule has 18 heavy (non-hydrogen) atoms. The van der Waals surface area contributed by atoms with E-state index >= 15 is 0 Å². The van der Waals surface area contributed by atoms with Crippen LogP contribution in [0.15, 0.2) is 4.99 Å². The maximum atomic E-state index is 12.2. The zero-order chi connectivity index (χ0) is 12.9. The Labute approximate surface area is 107 Å². The van der Waals surface area contributed by atoms with Gasteiger partial charge in [-0.3, -0.25) is 10.1 Å². The smallest absolute Gasteiger partial charge is 0.239 e. The molecule has 0 aromatic heterocycles. The number of hydrogen-bond acceptors (Lipinski definition) is 5. The van der Waals surface area contributed by atoms with E-state index in [-0.39, 0.29) is 18.1 Å². The number of carbonyl (C=O) groups excluding carboxylic acids is 1. The Kier molecular flexibility index (Phi) is 2.52. The Hall–Kier alpha value is -1.30. The number of amides is 1. The van der Waals surface area contributed by atoms with Crippen molar-refractivity contribution < 1.29 is 4.79 Å². The van der Waals surface area contributed by atoms with Crippen LogP contribution in [-0.4, -0.2) is 41.2 Å². The summed E-state index contributed by atoms with van der Waals surface area (Å²) in [5.74, 6) is 1.11. The predicted octanol–water partition coefficient (Wildman–Crippen LogP) is -0.433. The molecule has 1 spiro atoms. The Morgan fingerprint density at radius 2 is 2.39 bits per heavy atom. The topological polar surface area (TPSA) is 82.8 Å². The largest absolute Gasteiger partial charge is 0.370 e. The second-order valence-corrected chi connectivity index (χ2v) is 5.91. The number of hydrogen-bond donors (Lipinski definition) is 3. The Balaban J connectivity index is 1.84. The third kappa shape index (κ3) is 1.51. The summed E-state index contributed by atoms with van der Waals surface area (Å²) in [6.45, 7) is 5.11. The number of guanidine groups is 1. The summed E-state index contributed by atoms with van der Waals surface area (Å²) in [6.07, 6.45) is 2.69. The molecule has 4 N–H and O–H groups in total. The maximum Gasteiger partial charge on any atom is 0.239 e. The number of nitrogens with two attached hydrogens (primary N) is 1. The summed E-state index contributed by atoms with van der Waals surface area (Å²) in [4.78, 5) is 18.7. The van der Waals surface area contributed by atoms with Crippen LogP contribution < -0.4 is 16.4 Å². The van der Waals surface area contributed by atoms with Crippen molar-refractivity contribution in [3.05, 3.63) is 0 Å². The molecule has 3 rings (SSSR count). The zero-order valence-electron chi connectivity index (χ0n) is 10.9. The number of nitrogens with one attached hydrogen (secondary N) is 2. The summed E-state index contributed by atoms with van der Waals surface area (Å²) in [7, 11) is 0. The van der Waals surface area contributed by atoms with Crippen molar-refractivity contribution >= 4 is 11.9 Å². The van der Waals surface area contributed by atoms with Gasteiger partial charge in [-0.1, -0.05) is 13.8 Å². The predicted molar refractivity (Wildman–Crippen MR) is 68.6 cm³/mol. The van der Waals surface area contributed by atoms with E-state index in [1.54, 1.807) is 0 Å². The summed E-state index contributed by atoms with van der Waals surface area (Å²) in [5, 5.41) is 6.54. The molecular weight excluding hydrogens is 230 g/mol. The summed E-state index contributed by atoms with van der Waals surface area (Å²) >= 11 is 0. The third-order valence-corrected chi connectivity index (χ3v) is 4.13. The number of piperazine rings is 1. The first-order valence-corrected chi connectivity index (χ1v) is 6.72. The highest BCUT2D eigenvalue weighted by Crippen LogP contribution is 2.37. The second-order valence-electron chi connectivity index (χ2n) is 5.91. The highest BCUT2D eigenvalue weighted by Gasteiger charge is 2.57. The van der Waals surface area contributed by atoms with Crippen LogP contribution in [0.4, 0.5) is 0 Å². The quantitative estimate of drug-likeness (QED) is 0.622. The molecule has 2 fully saturated rings. The van der Waals surface area contributed by atoms with Gasteiger partial charge in [-0.25, -0.2) is 4.99 Å². The fourth-order valence-corrected chi connectivity index (χ4v) is 3.34. The SMILES string of the molecule is CC(C)C[C@@H]1N[C@@H]2N=C(N)N3CCC[C@@]23NC1=O. The standard InChI is InChI=1S/C12H21N5O/c1-7(2)6-8-9(18)16-12-4-3-5-17(12)11(13)15-10(12)14-8/h7-8,10,14H,3-6H2,1-2H3,(H2,13,15)(H,16,18)/t8-,10+,12-/m0/s1. The van der Waals surface area contributed by atoms with Crippen LogP contribution in [0.25, 0.3) is 0 Å². The van der Waals surface area contributed by atoms with E-state index in [2.05, 4.69) is 29.5 Å². The van der Waals surface area contributed by atoms with E-state index in [0.717, 1.165) is 25.8 Å². The highest BCUT2D eigenvalue weighted by molar-refractivity contribution is 5.88. The number of aliphatic imine (C=N–C) groups is 1. The Bertz CT molecular complexity index is 407. The lowest BCUT2D eigenvalue weighted by Crippen LogP contribution is -2.73. The van der Waals surface area contributed by atoms with Crippen LogP contribution in [0.3, 0.4) is 0 Å². The minimum Gasteiger partial charge on any atom is -0.370 e. The first kappa shape index (κ1) is 11.8. The van der Waals surface area contributed by atoms with E-state index < -0.39 is 5.66 Å². The van der Waals surface area contributed by atoms with Gasteiger partial charge in [0.05, 0.1) is 6.04 Å². The van der Waals surface area contributed by atoms with E-state index in [4.69, 9.17) is 5.73 Å². The van der Waals surface area contributed by atoms with Crippen molar-refractivity contribution in [3.8, 4) is 0 Å². The third-order valence-electron chi connectivity index (χ3n) is 4.13. The number of nitrogens with zero attached hydrogens (tertiary/aromatic N) is 2. The van der Waals surface area contributed by atoms with Crippen LogP contribution >= 0.6 is 0 Å². The summed E-state index contributed by atoms with van der Waals surface area (Å²) in [5.41, 5.74) is 5.56. The summed E-state index contributed by atoms with van der Waals surface area (Å²) in [6, 6.07) is -0.155. The average molecular weight is 251 g/mol. The molecule has 0 saturated carbocycles.